The van der Waals surface area contributed by atoms with Crippen molar-refractivity contribution in [2.75, 3.05) is 11.9 Å². The van der Waals surface area contributed by atoms with E-state index in [9.17, 15) is 24.6 Å². The number of aliphatic hydroxyl groups excluding tert-OH is 1. The van der Waals surface area contributed by atoms with Gasteiger partial charge in [-0.05, 0) is 60.0 Å². The molecule has 2 unspecified atom stereocenters. The average molecular weight is 517 g/mol. The number of phenolic OH excluding ortho intramolecular Hbond substituents is 1. The van der Waals surface area contributed by atoms with Gasteiger partial charge in [-0.15, -0.1) is 0 Å². The highest BCUT2D eigenvalue weighted by atomic mass is 35.5. The van der Waals surface area contributed by atoms with Gasteiger partial charge in [-0.2, -0.15) is 0 Å². The van der Waals surface area contributed by atoms with Crippen molar-refractivity contribution >= 4 is 46.7 Å². The Bertz CT molecular complexity index is 1200. The monoisotopic (exact) mass is 516 g/mol. The van der Waals surface area contributed by atoms with E-state index in [1.54, 1.807) is 54.6 Å². The highest BCUT2D eigenvalue weighted by Crippen LogP contribution is 2.27. The second-order valence-corrected chi connectivity index (χ2v) is 8.63. The fourth-order valence-electron chi connectivity index (χ4n) is 3.33. The van der Waals surface area contributed by atoms with E-state index in [4.69, 9.17) is 28.3 Å². The van der Waals surface area contributed by atoms with E-state index in [1.165, 1.54) is 12.1 Å². The van der Waals surface area contributed by atoms with Crippen LogP contribution in [0.4, 0.5) is 5.69 Å². The van der Waals surface area contributed by atoms with Gasteiger partial charge in [0.1, 0.15) is 5.75 Å². The van der Waals surface area contributed by atoms with Crippen LogP contribution in [0, 0.1) is 0 Å². The number of aliphatic carboxylic acids is 1. The third-order valence-corrected chi connectivity index (χ3v) is 5.58. The molecule has 8 nitrogen and oxygen atoms in total. The molecule has 3 aromatic rings. The van der Waals surface area contributed by atoms with Gasteiger partial charge in [0.25, 0.3) is 5.91 Å². The molecule has 0 radical (unpaired) electrons. The third kappa shape index (κ3) is 7.45. The number of phenols is 1. The van der Waals surface area contributed by atoms with Gasteiger partial charge < -0.3 is 26.0 Å². The Hall–Kier alpha value is -3.59. The number of carbonyl (C=O) groups is 3. The van der Waals surface area contributed by atoms with Crippen LogP contribution in [0.5, 0.6) is 5.75 Å². The molecule has 3 rings (SSSR count). The van der Waals surface area contributed by atoms with Crippen LogP contribution in [0.1, 0.15) is 27.4 Å². The van der Waals surface area contributed by atoms with Gasteiger partial charge in [0, 0.05) is 21.3 Å². The van der Waals surface area contributed by atoms with E-state index in [1.807, 2.05) is 0 Å². The Morgan fingerprint density at radius 1 is 0.886 bits per heavy atom. The maximum absolute atomic E-state index is 13.2. The smallest absolute Gasteiger partial charge is 0.334 e. The Labute approximate surface area is 211 Å². The summed E-state index contributed by atoms with van der Waals surface area (Å²) in [5.41, 5.74) is 2.12. The molecule has 3 aromatic carbocycles. The lowest BCUT2D eigenvalue weighted by Gasteiger charge is -2.18. The van der Waals surface area contributed by atoms with Crippen LogP contribution in [0.15, 0.2) is 66.7 Å². The van der Waals surface area contributed by atoms with Crippen LogP contribution < -0.4 is 10.6 Å². The summed E-state index contributed by atoms with van der Waals surface area (Å²) in [6.07, 6.45) is -1.41. The van der Waals surface area contributed by atoms with Crippen molar-refractivity contribution < 1.29 is 29.7 Å². The molecule has 0 fully saturated rings. The molecule has 0 aliphatic rings. The molecule has 35 heavy (non-hydrogen) atoms. The number of hydrogen-bond donors (Lipinski definition) is 5. The first kappa shape index (κ1) is 26.0. The number of carboxylic acid groups (broad SMARTS) is 1. The van der Waals surface area contributed by atoms with Crippen molar-refractivity contribution in [2.45, 2.75) is 18.4 Å². The topological polar surface area (TPSA) is 136 Å². The minimum absolute atomic E-state index is 0.0675. The van der Waals surface area contributed by atoms with Crippen molar-refractivity contribution in [3.05, 3.63) is 93.5 Å². The van der Waals surface area contributed by atoms with Crippen LogP contribution in [0.25, 0.3) is 0 Å². The normalized spacial score (nSPS) is 12.4. The minimum Gasteiger partial charge on any atom is -0.508 e. The molecule has 0 heterocycles. The Morgan fingerprint density at radius 3 is 2.06 bits per heavy atom. The number of carboxylic acids is 1. The summed E-state index contributed by atoms with van der Waals surface area (Å²) < 4.78 is 0. The first-order valence-electron chi connectivity index (χ1n) is 10.5. The third-order valence-electron chi connectivity index (χ3n) is 5.14. The molecule has 0 saturated carbocycles. The van der Waals surface area contributed by atoms with Crippen LogP contribution >= 0.6 is 23.2 Å². The first-order valence-corrected chi connectivity index (χ1v) is 11.2. The number of rotatable bonds is 9. The van der Waals surface area contributed by atoms with E-state index in [-0.39, 0.29) is 23.6 Å². The van der Waals surface area contributed by atoms with Crippen LogP contribution in [-0.2, 0) is 16.0 Å². The van der Waals surface area contributed by atoms with Crippen molar-refractivity contribution in [2.24, 2.45) is 0 Å². The Kier molecular flexibility index (Phi) is 8.70. The number of nitrogens with one attached hydrogen (secondary N) is 2. The first-order chi connectivity index (χ1) is 16.6. The zero-order valence-corrected chi connectivity index (χ0v) is 19.8. The predicted molar refractivity (Wildman–Crippen MR) is 132 cm³/mol. The van der Waals surface area contributed by atoms with Gasteiger partial charge in [0.05, 0.1) is 12.5 Å². The maximum Gasteiger partial charge on any atom is 0.334 e. The van der Waals surface area contributed by atoms with Gasteiger partial charge in [0.2, 0.25) is 5.91 Å². The van der Waals surface area contributed by atoms with Gasteiger partial charge in [0.15, 0.2) is 6.10 Å². The molecule has 0 aliphatic carbocycles. The number of anilines is 1. The van der Waals surface area contributed by atoms with Crippen molar-refractivity contribution in [3.8, 4) is 5.75 Å². The predicted octanol–water partition coefficient (Wildman–Crippen LogP) is 3.84. The maximum atomic E-state index is 13.2. The summed E-state index contributed by atoms with van der Waals surface area (Å²) >= 11 is 12.1. The van der Waals surface area contributed by atoms with Crippen LogP contribution in [0.3, 0.4) is 0 Å². The summed E-state index contributed by atoms with van der Waals surface area (Å²) in [7, 11) is 0. The fraction of sp³-hybridized carbons (Fsp3) is 0.160. The molecular weight excluding hydrogens is 495 g/mol. The zero-order chi connectivity index (χ0) is 25.5. The molecule has 5 N–H and O–H groups in total. The number of carbonyl (C=O) groups excluding carboxylic acids is 2. The molecule has 2 atom stereocenters. The Balaban J connectivity index is 1.77. The van der Waals surface area contributed by atoms with Crippen LogP contribution in [-0.4, -0.2) is 45.8 Å². The second-order valence-electron chi connectivity index (χ2n) is 7.76. The summed E-state index contributed by atoms with van der Waals surface area (Å²) in [6.45, 7) is -0.424. The van der Waals surface area contributed by atoms with Gasteiger partial charge >= 0.3 is 5.97 Å². The Morgan fingerprint density at radius 2 is 1.49 bits per heavy atom. The summed E-state index contributed by atoms with van der Waals surface area (Å²) in [4.78, 5) is 36.1. The highest BCUT2D eigenvalue weighted by Gasteiger charge is 2.22. The molecule has 0 bridgehead atoms. The number of hydrogen-bond acceptors (Lipinski definition) is 5. The standard InChI is InChI=1S/C25H22Cl2N2O6/c26-17-10-18(27)12-19(11-17)29-24(33)21(15-5-7-20(30)8-6-15)9-14-1-3-16(4-2-14)23(32)28-13-22(31)25(34)35/h1-8,10-12,21-22,30-31H,9,13H2,(H,28,32)(H,29,33)(H,34,35). The lowest BCUT2D eigenvalue weighted by Crippen LogP contribution is -2.36. The van der Waals surface area contributed by atoms with E-state index in [0.717, 1.165) is 5.56 Å². The summed E-state index contributed by atoms with van der Waals surface area (Å²) in [6, 6.07) is 17.4. The van der Waals surface area contributed by atoms with E-state index >= 15 is 0 Å². The van der Waals surface area contributed by atoms with Gasteiger partial charge in [-0.25, -0.2) is 4.79 Å². The van der Waals surface area contributed by atoms with E-state index in [0.29, 0.717) is 21.3 Å². The van der Waals surface area contributed by atoms with Gasteiger partial charge in [-0.3, -0.25) is 9.59 Å². The number of halogens is 2. The molecule has 0 saturated heterocycles. The molecule has 182 valence electrons. The quantitative estimate of drug-likeness (QED) is 0.293. The molecule has 0 aromatic heterocycles. The van der Waals surface area contributed by atoms with Crippen molar-refractivity contribution in [3.63, 3.8) is 0 Å². The van der Waals surface area contributed by atoms with E-state index in [2.05, 4.69) is 10.6 Å². The van der Waals surface area contributed by atoms with E-state index < -0.39 is 30.4 Å². The lowest BCUT2D eigenvalue weighted by atomic mass is 9.90. The molecule has 10 heteroatoms. The summed E-state index contributed by atoms with van der Waals surface area (Å²) in [5, 5.41) is 33.5. The molecule has 0 spiro atoms. The van der Waals surface area contributed by atoms with Crippen molar-refractivity contribution in [1.29, 1.82) is 0 Å². The molecule has 2 amide bonds. The molecule has 0 aliphatic heterocycles. The zero-order valence-electron chi connectivity index (χ0n) is 18.2. The second kappa shape index (κ2) is 11.7. The number of benzene rings is 3. The largest absolute Gasteiger partial charge is 0.508 e. The summed E-state index contributed by atoms with van der Waals surface area (Å²) in [5.74, 6) is -2.86. The number of amides is 2. The van der Waals surface area contributed by atoms with Gasteiger partial charge in [-0.1, -0.05) is 47.5 Å². The van der Waals surface area contributed by atoms with Crippen LogP contribution in [0.2, 0.25) is 10.0 Å². The number of aromatic hydroxyl groups is 1. The minimum atomic E-state index is -1.70. The lowest BCUT2D eigenvalue weighted by molar-refractivity contribution is -0.146. The number of aliphatic hydroxyl groups is 1. The average Bonchev–Trinajstić information content (AvgIpc) is 2.81. The molecular formula is C25H22Cl2N2O6. The SMILES string of the molecule is O=C(NCC(O)C(=O)O)c1ccc(CC(C(=O)Nc2cc(Cl)cc(Cl)c2)c2ccc(O)cc2)cc1. The highest BCUT2D eigenvalue weighted by molar-refractivity contribution is 6.35. The fourth-order valence-corrected chi connectivity index (χ4v) is 3.86. The van der Waals surface area contributed by atoms with Crippen molar-refractivity contribution in [1.82, 2.24) is 5.32 Å².